The molecule has 4 rings (SSSR count). The minimum absolute atomic E-state index is 0.00957. The highest BCUT2D eigenvalue weighted by Crippen LogP contribution is 2.29. The molecule has 1 unspecified atom stereocenters. The second-order valence-electron chi connectivity index (χ2n) is 8.36. The fourth-order valence-electron chi connectivity index (χ4n) is 4.18. The quantitative estimate of drug-likeness (QED) is 0.250. The lowest BCUT2D eigenvalue weighted by molar-refractivity contribution is 0.0597. The first-order chi connectivity index (χ1) is 17.9. The maximum atomic E-state index is 12.8. The van der Waals surface area contributed by atoms with E-state index in [9.17, 15) is 19.6 Å². The Hall–Kier alpha value is -4.02. The molecule has 1 amide bonds. The van der Waals surface area contributed by atoms with Crippen molar-refractivity contribution < 1.29 is 19.1 Å². The zero-order chi connectivity index (χ0) is 26.5. The number of amides is 1. The van der Waals surface area contributed by atoms with Gasteiger partial charge in [-0.2, -0.15) is 10.4 Å². The summed E-state index contributed by atoms with van der Waals surface area (Å²) in [4.78, 5) is 50.2. The number of methoxy groups -OCH3 is 1. The average Bonchev–Trinajstić information content (AvgIpc) is 3.56. The van der Waals surface area contributed by atoms with Crippen LogP contribution < -0.4 is 10.5 Å². The van der Waals surface area contributed by atoms with Crippen LogP contribution in [0.25, 0.3) is 5.65 Å². The van der Waals surface area contributed by atoms with Crippen molar-refractivity contribution in [3.63, 3.8) is 0 Å². The van der Waals surface area contributed by atoms with Gasteiger partial charge in [-0.3, -0.25) is 9.59 Å². The Balaban J connectivity index is 1.69. The maximum Gasteiger partial charge on any atom is 0.338 e. The highest BCUT2D eigenvalue weighted by molar-refractivity contribution is 7.98. The summed E-state index contributed by atoms with van der Waals surface area (Å²) in [7, 11) is 1.24. The number of carbonyl (C=O) groups is 2. The molecule has 0 saturated carbocycles. The maximum absolute atomic E-state index is 12.8. The van der Waals surface area contributed by atoms with Crippen molar-refractivity contribution in [2.75, 3.05) is 31.0 Å². The number of rotatable bonds is 9. The van der Waals surface area contributed by atoms with E-state index in [-0.39, 0.29) is 34.2 Å². The normalized spacial score (nSPS) is 14.9. The van der Waals surface area contributed by atoms with Crippen LogP contribution in [0.3, 0.4) is 0 Å². The molecule has 1 aliphatic heterocycles. The number of aromatic amines is 1. The number of fused-ring (bicyclic) bond motifs is 1. The first-order valence-electron chi connectivity index (χ1n) is 11.4. The van der Waals surface area contributed by atoms with E-state index >= 15 is 0 Å². The molecule has 1 fully saturated rings. The predicted octanol–water partition coefficient (Wildman–Crippen LogP) is 2.10. The summed E-state index contributed by atoms with van der Waals surface area (Å²) in [6, 6.07) is 4.93. The zero-order valence-electron chi connectivity index (χ0n) is 20.4. The van der Waals surface area contributed by atoms with Gasteiger partial charge in [0.15, 0.2) is 5.65 Å². The predicted molar refractivity (Wildman–Crippen MR) is 137 cm³/mol. The van der Waals surface area contributed by atoms with E-state index in [0.29, 0.717) is 41.8 Å². The van der Waals surface area contributed by atoms with Gasteiger partial charge in [0.2, 0.25) is 0 Å². The molecule has 0 aromatic carbocycles. The van der Waals surface area contributed by atoms with E-state index in [4.69, 9.17) is 9.47 Å². The second kappa shape index (κ2) is 11.4. The third-order valence-electron chi connectivity index (χ3n) is 5.84. The van der Waals surface area contributed by atoms with Gasteiger partial charge in [0.1, 0.15) is 17.5 Å². The van der Waals surface area contributed by atoms with Gasteiger partial charge in [0, 0.05) is 30.7 Å². The number of aryl methyl sites for hydroxylation is 1. The molecular formula is C24H25N7O5S. The summed E-state index contributed by atoms with van der Waals surface area (Å²) in [5.41, 5.74) is 1.44. The zero-order valence-corrected chi connectivity index (χ0v) is 21.2. The average molecular weight is 524 g/mol. The molecule has 13 heteroatoms. The Morgan fingerprint density at radius 1 is 1.46 bits per heavy atom. The van der Waals surface area contributed by atoms with Gasteiger partial charge in [-0.05, 0) is 32.5 Å². The summed E-state index contributed by atoms with van der Waals surface area (Å²) in [5, 5.41) is 13.5. The molecule has 1 N–H and O–H groups in total. The van der Waals surface area contributed by atoms with Gasteiger partial charge < -0.3 is 19.4 Å². The number of thioether (sulfide) groups is 1. The molecule has 1 saturated heterocycles. The molecule has 1 atom stereocenters. The lowest BCUT2D eigenvalue weighted by atomic mass is 10.1. The van der Waals surface area contributed by atoms with E-state index < -0.39 is 11.9 Å². The molecule has 3 aromatic rings. The number of carbonyl (C=O) groups excluding carboxylic acids is 2. The molecule has 0 spiro atoms. The summed E-state index contributed by atoms with van der Waals surface area (Å²) in [6.07, 6.45) is 3.08. The van der Waals surface area contributed by atoms with Crippen LogP contribution in [0.5, 0.6) is 0 Å². The Morgan fingerprint density at radius 3 is 2.95 bits per heavy atom. The number of hydrogen-bond donors (Lipinski definition) is 1. The van der Waals surface area contributed by atoms with Crippen LogP contribution in [0.1, 0.15) is 50.5 Å². The number of aliphatic imine (C=N–C) groups is 1. The van der Waals surface area contributed by atoms with Gasteiger partial charge >= 0.3 is 5.97 Å². The SMILES string of the molecule is C=NC(=O)c1c(C(=O)OC)cc(C)nc1N(CSCc1cc(=O)[nH]c2c(C#N)cnn12)CC1CCCO1. The summed E-state index contributed by atoms with van der Waals surface area (Å²) >= 11 is 1.45. The first kappa shape index (κ1) is 26.1. The monoisotopic (exact) mass is 523 g/mol. The summed E-state index contributed by atoms with van der Waals surface area (Å²) in [6.45, 7) is 6.13. The van der Waals surface area contributed by atoms with E-state index in [1.54, 1.807) is 6.92 Å². The van der Waals surface area contributed by atoms with E-state index in [2.05, 4.69) is 26.8 Å². The van der Waals surface area contributed by atoms with E-state index in [1.807, 2.05) is 11.0 Å². The Kier molecular flexibility index (Phi) is 8.00. The lowest BCUT2D eigenvalue weighted by Crippen LogP contribution is -2.34. The molecule has 12 nitrogen and oxygen atoms in total. The largest absolute Gasteiger partial charge is 0.465 e. The molecule has 192 valence electrons. The standard InChI is InChI=1S/C24H25N7O5S/c1-14-7-18(24(34)35-3)20(23(33)26-2)22(28-14)30(11-17-5-4-6-36-17)13-37-12-16-8-19(32)29-21-15(9-25)10-27-31(16)21/h7-8,10,17H,2,4-6,11-13H2,1,3H3,(H,29,32). The molecule has 0 radical (unpaired) electrons. The van der Waals surface area contributed by atoms with Crippen molar-refractivity contribution in [2.45, 2.75) is 31.6 Å². The third-order valence-corrected chi connectivity index (χ3v) is 6.83. The third kappa shape index (κ3) is 5.55. The van der Waals surface area contributed by atoms with Gasteiger partial charge in [0.25, 0.3) is 11.5 Å². The number of nitriles is 1. The molecule has 1 aliphatic rings. The molecule has 0 bridgehead atoms. The van der Waals surface area contributed by atoms with Gasteiger partial charge in [-0.25, -0.2) is 19.3 Å². The molecule has 4 heterocycles. The van der Waals surface area contributed by atoms with Crippen molar-refractivity contribution in [2.24, 2.45) is 4.99 Å². The fraction of sp³-hybridized carbons (Fsp3) is 0.375. The molecule has 0 aliphatic carbocycles. The summed E-state index contributed by atoms with van der Waals surface area (Å²) < 4.78 is 12.3. The second-order valence-corrected chi connectivity index (χ2v) is 9.31. The minimum atomic E-state index is -0.692. The number of nitrogens with zero attached hydrogens (tertiary/aromatic N) is 6. The van der Waals surface area contributed by atoms with E-state index in [0.717, 1.165) is 12.8 Å². The van der Waals surface area contributed by atoms with Crippen LogP contribution in [0.15, 0.2) is 28.1 Å². The number of nitrogens with one attached hydrogen (secondary N) is 1. The van der Waals surface area contributed by atoms with Crippen LogP contribution in [-0.2, 0) is 15.2 Å². The van der Waals surface area contributed by atoms with E-state index in [1.165, 1.54) is 41.7 Å². The molecule has 3 aromatic heterocycles. The van der Waals surface area contributed by atoms with Crippen molar-refractivity contribution >= 4 is 41.8 Å². The lowest BCUT2D eigenvalue weighted by Gasteiger charge is -2.28. The number of ether oxygens (including phenoxy) is 2. The van der Waals surface area contributed by atoms with Crippen LogP contribution in [-0.4, -0.2) is 70.4 Å². The Bertz CT molecular complexity index is 1450. The Labute approximate surface area is 216 Å². The highest BCUT2D eigenvalue weighted by Gasteiger charge is 2.29. The van der Waals surface area contributed by atoms with Gasteiger partial charge in [-0.15, -0.1) is 11.8 Å². The van der Waals surface area contributed by atoms with Crippen LogP contribution in [0, 0.1) is 18.3 Å². The number of esters is 1. The van der Waals surface area contributed by atoms with Crippen LogP contribution >= 0.6 is 11.8 Å². The smallest absolute Gasteiger partial charge is 0.338 e. The first-order valence-corrected chi connectivity index (χ1v) is 12.6. The molecular weight excluding hydrogens is 498 g/mol. The summed E-state index contributed by atoms with van der Waals surface area (Å²) in [5.74, 6) is -0.381. The van der Waals surface area contributed by atoms with Crippen LogP contribution in [0.4, 0.5) is 5.82 Å². The number of anilines is 1. The Morgan fingerprint density at radius 2 is 2.27 bits per heavy atom. The number of hydrogen-bond acceptors (Lipinski definition) is 10. The highest BCUT2D eigenvalue weighted by atomic mass is 32.2. The van der Waals surface area contributed by atoms with Crippen molar-refractivity contribution in [1.82, 2.24) is 19.6 Å². The van der Waals surface area contributed by atoms with Gasteiger partial charge in [-0.1, -0.05) is 0 Å². The minimum Gasteiger partial charge on any atom is -0.465 e. The fourth-order valence-corrected chi connectivity index (χ4v) is 5.13. The van der Waals surface area contributed by atoms with Crippen LogP contribution in [0.2, 0.25) is 0 Å². The van der Waals surface area contributed by atoms with Crippen molar-refractivity contribution in [3.8, 4) is 6.07 Å². The van der Waals surface area contributed by atoms with Crippen molar-refractivity contribution in [3.05, 3.63) is 56.8 Å². The number of pyridine rings is 1. The molecule has 37 heavy (non-hydrogen) atoms. The number of aromatic nitrogens is 4. The van der Waals surface area contributed by atoms with Crippen molar-refractivity contribution in [1.29, 1.82) is 5.26 Å². The number of H-pyrrole nitrogens is 1. The van der Waals surface area contributed by atoms with Gasteiger partial charge in [0.05, 0.1) is 42.1 Å². The topological polar surface area (TPSA) is 155 Å².